The maximum absolute atomic E-state index is 12.6. The van der Waals surface area contributed by atoms with Crippen LogP contribution in [0.1, 0.15) is 15.9 Å². The van der Waals surface area contributed by atoms with E-state index in [1.54, 1.807) is 25.1 Å². The Hall–Kier alpha value is -3.60. The molecule has 3 N–H and O–H groups in total. The van der Waals surface area contributed by atoms with Crippen LogP contribution >= 0.6 is 0 Å². The molecule has 0 saturated carbocycles. The van der Waals surface area contributed by atoms with Crippen molar-refractivity contribution in [3.63, 3.8) is 0 Å². The molecule has 3 aromatic carbocycles. The summed E-state index contributed by atoms with van der Waals surface area (Å²) in [7, 11) is 0. The first kappa shape index (κ1) is 15.9. The SMILES string of the molecule is Cc1cccc(C(=O)Nc2ccccc2-c2nc3ccccc3[nH]2)c1O. The number of amides is 1. The highest BCUT2D eigenvalue weighted by molar-refractivity contribution is 6.08. The smallest absolute Gasteiger partial charge is 0.259 e. The van der Waals surface area contributed by atoms with Crippen LogP contribution in [0.25, 0.3) is 22.4 Å². The van der Waals surface area contributed by atoms with Gasteiger partial charge >= 0.3 is 0 Å². The third kappa shape index (κ3) is 2.80. The van der Waals surface area contributed by atoms with E-state index >= 15 is 0 Å². The summed E-state index contributed by atoms with van der Waals surface area (Å²) in [5.74, 6) is 0.302. The van der Waals surface area contributed by atoms with Gasteiger partial charge < -0.3 is 15.4 Å². The minimum atomic E-state index is -0.366. The van der Waals surface area contributed by atoms with Crippen LogP contribution in [0.15, 0.2) is 66.7 Å². The fraction of sp³-hybridized carbons (Fsp3) is 0.0476. The summed E-state index contributed by atoms with van der Waals surface area (Å²) >= 11 is 0. The van der Waals surface area contributed by atoms with Crippen molar-refractivity contribution in [1.29, 1.82) is 0 Å². The van der Waals surface area contributed by atoms with Crippen LogP contribution in [0.2, 0.25) is 0 Å². The monoisotopic (exact) mass is 343 g/mol. The minimum absolute atomic E-state index is 0.00813. The number of aromatic amines is 1. The summed E-state index contributed by atoms with van der Waals surface area (Å²) in [4.78, 5) is 20.5. The number of hydrogen-bond acceptors (Lipinski definition) is 3. The molecule has 0 saturated heterocycles. The number of H-pyrrole nitrogens is 1. The number of aryl methyl sites for hydroxylation is 1. The zero-order valence-electron chi connectivity index (χ0n) is 14.2. The third-order valence-electron chi connectivity index (χ3n) is 4.30. The molecule has 1 amide bonds. The lowest BCUT2D eigenvalue weighted by atomic mass is 10.1. The van der Waals surface area contributed by atoms with Gasteiger partial charge in [0.2, 0.25) is 0 Å². The fourth-order valence-electron chi connectivity index (χ4n) is 2.91. The molecule has 5 nitrogen and oxygen atoms in total. The van der Waals surface area contributed by atoms with Crippen molar-refractivity contribution in [3.05, 3.63) is 77.9 Å². The summed E-state index contributed by atoms with van der Waals surface area (Å²) in [5.41, 5.74) is 4.09. The number of para-hydroxylation sites is 4. The molecular formula is C21H17N3O2. The van der Waals surface area contributed by atoms with E-state index in [1.807, 2.05) is 48.5 Å². The van der Waals surface area contributed by atoms with Gasteiger partial charge in [0.1, 0.15) is 11.6 Å². The van der Waals surface area contributed by atoms with Crippen molar-refractivity contribution in [3.8, 4) is 17.1 Å². The van der Waals surface area contributed by atoms with E-state index in [1.165, 1.54) is 0 Å². The molecule has 5 heteroatoms. The van der Waals surface area contributed by atoms with E-state index in [0.29, 0.717) is 17.1 Å². The van der Waals surface area contributed by atoms with Gasteiger partial charge in [-0.15, -0.1) is 0 Å². The van der Waals surface area contributed by atoms with Crippen molar-refractivity contribution in [2.75, 3.05) is 5.32 Å². The number of aromatic nitrogens is 2. The number of fused-ring (bicyclic) bond motifs is 1. The summed E-state index contributed by atoms with van der Waals surface area (Å²) in [6, 6.07) is 20.3. The average Bonchev–Trinajstić information content (AvgIpc) is 3.08. The van der Waals surface area contributed by atoms with Crippen LogP contribution in [0.5, 0.6) is 5.75 Å². The third-order valence-corrected chi connectivity index (χ3v) is 4.30. The van der Waals surface area contributed by atoms with Crippen LogP contribution in [0.4, 0.5) is 5.69 Å². The quantitative estimate of drug-likeness (QED) is 0.513. The van der Waals surface area contributed by atoms with Gasteiger partial charge in [-0.1, -0.05) is 36.4 Å². The van der Waals surface area contributed by atoms with E-state index in [-0.39, 0.29) is 17.2 Å². The minimum Gasteiger partial charge on any atom is -0.507 e. The number of anilines is 1. The molecule has 0 spiro atoms. The molecule has 0 bridgehead atoms. The Morgan fingerprint density at radius 3 is 2.62 bits per heavy atom. The molecule has 1 heterocycles. The number of rotatable bonds is 3. The average molecular weight is 343 g/mol. The molecule has 0 unspecified atom stereocenters. The first-order chi connectivity index (χ1) is 12.6. The van der Waals surface area contributed by atoms with Gasteiger partial charge in [-0.25, -0.2) is 4.98 Å². The van der Waals surface area contributed by atoms with Crippen molar-refractivity contribution in [2.24, 2.45) is 0 Å². The van der Waals surface area contributed by atoms with Crippen LogP contribution in [0.3, 0.4) is 0 Å². The molecule has 128 valence electrons. The largest absolute Gasteiger partial charge is 0.507 e. The van der Waals surface area contributed by atoms with E-state index in [0.717, 1.165) is 16.6 Å². The second-order valence-electron chi connectivity index (χ2n) is 6.07. The molecule has 0 aliphatic carbocycles. The maximum atomic E-state index is 12.6. The first-order valence-electron chi connectivity index (χ1n) is 8.27. The topological polar surface area (TPSA) is 78.0 Å². The lowest BCUT2D eigenvalue weighted by Gasteiger charge is -2.11. The maximum Gasteiger partial charge on any atom is 0.259 e. The highest BCUT2D eigenvalue weighted by Crippen LogP contribution is 2.29. The van der Waals surface area contributed by atoms with Gasteiger partial charge in [0.25, 0.3) is 5.91 Å². The highest BCUT2D eigenvalue weighted by atomic mass is 16.3. The van der Waals surface area contributed by atoms with Gasteiger partial charge in [0.05, 0.1) is 22.3 Å². The van der Waals surface area contributed by atoms with Crippen molar-refractivity contribution in [1.82, 2.24) is 9.97 Å². The number of phenolic OH excluding ortho intramolecular Hbond substituents is 1. The van der Waals surface area contributed by atoms with E-state index in [9.17, 15) is 9.90 Å². The molecular weight excluding hydrogens is 326 g/mol. The number of nitrogens with one attached hydrogen (secondary N) is 2. The van der Waals surface area contributed by atoms with Crippen molar-refractivity contribution in [2.45, 2.75) is 6.92 Å². The lowest BCUT2D eigenvalue weighted by Crippen LogP contribution is -2.13. The number of aromatic hydroxyl groups is 1. The predicted molar refractivity (Wildman–Crippen MR) is 102 cm³/mol. The van der Waals surface area contributed by atoms with Crippen LogP contribution in [0, 0.1) is 6.92 Å². The second kappa shape index (κ2) is 6.37. The summed E-state index contributed by atoms with van der Waals surface area (Å²) in [6.45, 7) is 1.76. The number of carbonyl (C=O) groups is 1. The number of benzene rings is 3. The Bertz CT molecular complexity index is 1080. The first-order valence-corrected chi connectivity index (χ1v) is 8.27. The molecule has 0 radical (unpaired) electrons. The summed E-state index contributed by atoms with van der Waals surface area (Å²) in [6.07, 6.45) is 0. The molecule has 0 atom stereocenters. The highest BCUT2D eigenvalue weighted by Gasteiger charge is 2.16. The van der Waals surface area contributed by atoms with Gasteiger partial charge in [-0.05, 0) is 42.8 Å². The molecule has 26 heavy (non-hydrogen) atoms. The Morgan fingerprint density at radius 2 is 1.77 bits per heavy atom. The van der Waals surface area contributed by atoms with Gasteiger partial charge in [-0.2, -0.15) is 0 Å². The van der Waals surface area contributed by atoms with E-state index in [2.05, 4.69) is 15.3 Å². The molecule has 0 aliphatic heterocycles. The van der Waals surface area contributed by atoms with Crippen molar-refractivity contribution >= 4 is 22.6 Å². The fourth-order valence-corrected chi connectivity index (χ4v) is 2.91. The van der Waals surface area contributed by atoms with Crippen LogP contribution in [-0.4, -0.2) is 21.0 Å². The van der Waals surface area contributed by atoms with Crippen LogP contribution < -0.4 is 5.32 Å². The number of phenols is 1. The molecule has 4 aromatic rings. The predicted octanol–water partition coefficient (Wildman–Crippen LogP) is 4.50. The Kier molecular flexibility index (Phi) is 3.89. The molecule has 0 aliphatic rings. The second-order valence-corrected chi connectivity index (χ2v) is 6.07. The van der Waals surface area contributed by atoms with Gasteiger partial charge in [-0.3, -0.25) is 4.79 Å². The standard InChI is InChI=1S/C21H17N3O2/c1-13-7-6-9-15(19(13)25)21(26)24-16-10-3-2-8-14(16)20-22-17-11-4-5-12-18(17)23-20/h2-12,25H,1H3,(H,22,23)(H,24,26). The molecule has 1 aromatic heterocycles. The number of imidazole rings is 1. The molecule has 0 fully saturated rings. The lowest BCUT2D eigenvalue weighted by molar-refractivity contribution is 0.102. The number of hydrogen-bond donors (Lipinski definition) is 3. The zero-order valence-corrected chi connectivity index (χ0v) is 14.2. The normalized spacial score (nSPS) is 10.8. The Balaban J connectivity index is 1.72. The van der Waals surface area contributed by atoms with E-state index < -0.39 is 0 Å². The van der Waals surface area contributed by atoms with E-state index in [4.69, 9.17) is 0 Å². The van der Waals surface area contributed by atoms with Gasteiger partial charge in [0, 0.05) is 5.56 Å². The number of carbonyl (C=O) groups excluding carboxylic acids is 1. The van der Waals surface area contributed by atoms with Crippen molar-refractivity contribution < 1.29 is 9.90 Å². The summed E-state index contributed by atoms with van der Waals surface area (Å²) in [5, 5.41) is 13.0. The molecule has 4 rings (SSSR count). The summed E-state index contributed by atoms with van der Waals surface area (Å²) < 4.78 is 0. The Labute approximate surface area is 150 Å². The Morgan fingerprint density at radius 1 is 1.00 bits per heavy atom. The van der Waals surface area contributed by atoms with Gasteiger partial charge in [0.15, 0.2) is 0 Å². The zero-order chi connectivity index (χ0) is 18.1. The number of nitrogens with zero attached hydrogens (tertiary/aromatic N) is 1. The van der Waals surface area contributed by atoms with Crippen LogP contribution in [-0.2, 0) is 0 Å².